The third-order valence-electron chi connectivity index (χ3n) is 2.00. The van der Waals surface area contributed by atoms with Crippen LogP contribution in [0.1, 0.15) is 13.8 Å². The van der Waals surface area contributed by atoms with Crippen LogP contribution in [0.15, 0.2) is 24.3 Å². The Morgan fingerprint density at radius 1 is 1.12 bits per heavy atom. The molecule has 0 fully saturated rings. The van der Waals surface area contributed by atoms with Crippen LogP contribution in [-0.2, 0) is 0 Å². The van der Waals surface area contributed by atoms with Gasteiger partial charge in [0.2, 0.25) is 0 Å². The summed E-state index contributed by atoms with van der Waals surface area (Å²) in [5, 5.41) is 0. The van der Waals surface area contributed by atoms with Crippen LogP contribution in [0.25, 0.3) is 0 Å². The summed E-state index contributed by atoms with van der Waals surface area (Å²) in [6.07, 6.45) is 0. The Hall–Kier alpha value is 2.65. The van der Waals surface area contributed by atoms with Crippen LogP contribution < -0.4 is 86.0 Å². The molecule has 0 spiro atoms. The van der Waals surface area contributed by atoms with Crippen molar-refractivity contribution in [3.05, 3.63) is 24.3 Å². The molecule has 2 nitrogen and oxygen atoms in total. The van der Waals surface area contributed by atoms with Crippen LogP contribution in [0.2, 0.25) is 0 Å². The zero-order chi connectivity index (χ0) is 8.97. The van der Waals surface area contributed by atoms with E-state index in [1.54, 1.807) is 0 Å². The largest absolute Gasteiger partial charge is 1.00 e. The standard InChI is InChI=1S/C10H16N2.3HI.K/c1-3-12(4-2)10-7-5-6-9(11)8-10;;;;/h5-8H,3-4,11H2,1-2H3;3*1H;/q;;;;+1/p-1. The molecule has 0 atom stereocenters. The summed E-state index contributed by atoms with van der Waals surface area (Å²) < 4.78 is 0. The molecule has 16 heavy (non-hydrogen) atoms. The summed E-state index contributed by atoms with van der Waals surface area (Å²) >= 11 is 0. The van der Waals surface area contributed by atoms with E-state index in [0.717, 1.165) is 18.8 Å². The predicted octanol–water partition coefficient (Wildman–Crippen LogP) is -2.64. The Bertz CT molecular complexity index is 258. The number of nitrogen functional groups attached to an aromatic ring is 1. The second-order valence-electron chi connectivity index (χ2n) is 2.77. The Balaban J connectivity index is -0.000000180. The Morgan fingerprint density at radius 3 is 2.00 bits per heavy atom. The van der Waals surface area contributed by atoms with Crippen LogP contribution in [0.4, 0.5) is 11.4 Å². The van der Waals surface area contributed by atoms with Gasteiger partial charge in [0.1, 0.15) is 0 Å². The van der Waals surface area contributed by atoms with Crippen molar-refractivity contribution in [1.29, 1.82) is 0 Å². The van der Waals surface area contributed by atoms with E-state index in [-0.39, 0.29) is 123 Å². The van der Waals surface area contributed by atoms with Crippen molar-refractivity contribution in [3.8, 4) is 0 Å². The number of hydrogen-bond donors (Lipinski definition) is 1. The van der Waals surface area contributed by atoms with Gasteiger partial charge in [-0.3, -0.25) is 0 Å². The molecular weight excluding hydrogens is 568 g/mol. The van der Waals surface area contributed by atoms with Crippen molar-refractivity contribution in [2.75, 3.05) is 23.7 Å². The molecule has 2 N–H and O–H groups in total. The number of rotatable bonds is 3. The first kappa shape index (κ1) is 27.1. The molecule has 0 unspecified atom stereocenters. The molecule has 0 heterocycles. The Morgan fingerprint density at radius 2 is 1.62 bits per heavy atom. The van der Waals surface area contributed by atoms with E-state index in [1.165, 1.54) is 5.69 Å². The first-order valence-electron chi connectivity index (χ1n) is 4.38. The van der Waals surface area contributed by atoms with Crippen LogP contribution in [0, 0.1) is 0 Å². The summed E-state index contributed by atoms with van der Waals surface area (Å²) in [6, 6.07) is 7.99. The number of nitrogens with two attached hydrogens (primary N) is 1. The predicted molar refractivity (Wildman–Crippen MR) is 85.2 cm³/mol. The van der Waals surface area contributed by atoms with Crippen LogP contribution in [0.3, 0.4) is 0 Å². The first-order chi connectivity index (χ1) is 5.77. The summed E-state index contributed by atoms with van der Waals surface area (Å²) in [6.45, 7) is 6.35. The molecule has 1 rings (SSSR count). The Kier molecular flexibility index (Phi) is 26.6. The van der Waals surface area contributed by atoms with Gasteiger partial charge in [0.05, 0.1) is 0 Å². The topological polar surface area (TPSA) is 29.3 Å². The molecule has 0 amide bonds. The zero-order valence-electron chi connectivity index (χ0n) is 9.94. The van der Waals surface area contributed by atoms with Gasteiger partial charge in [-0.15, -0.1) is 48.0 Å². The molecule has 1 aromatic rings. The van der Waals surface area contributed by atoms with Crippen molar-refractivity contribution < 1.29 is 75.4 Å². The zero-order valence-corrected chi connectivity index (χ0v) is 19.9. The minimum Gasteiger partial charge on any atom is -1.00 e. The molecule has 6 heteroatoms. The fraction of sp³-hybridized carbons (Fsp3) is 0.400. The molecule has 0 radical (unpaired) electrons. The van der Waals surface area contributed by atoms with Gasteiger partial charge in [-0.25, -0.2) is 0 Å². The monoisotopic (exact) mass is 586 g/mol. The van der Waals surface area contributed by atoms with Gasteiger partial charge >= 0.3 is 51.4 Å². The summed E-state index contributed by atoms with van der Waals surface area (Å²) in [5.74, 6) is 0. The van der Waals surface area contributed by atoms with Crippen LogP contribution in [0.5, 0.6) is 0 Å². The average molecular weight is 586 g/mol. The van der Waals surface area contributed by atoms with E-state index in [2.05, 4.69) is 24.8 Å². The average Bonchev–Trinajstić information content (AvgIpc) is 2.07. The number of anilines is 2. The van der Waals surface area contributed by atoms with E-state index in [4.69, 9.17) is 5.73 Å². The van der Waals surface area contributed by atoms with Crippen molar-refractivity contribution in [3.63, 3.8) is 0 Å². The molecule has 0 bridgehead atoms. The summed E-state index contributed by atoms with van der Waals surface area (Å²) in [4.78, 5) is 2.27. The first-order valence-corrected chi connectivity index (χ1v) is 4.38. The maximum atomic E-state index is 5.68. The van der Waals surface area contributed by atoms with Gasteiger partial charge in [0.15, 0.2) is 0 Å². The molecular formula is C10H18I3KN2. The minimum atomic E-state index is 0. The van der Waals surface area contributed by atoms with E-state index >= 15 is 0 Å². The van der Waals surface area contributed by atoms with Gasteiger partial charge < -0.3 is 34.6 Å². The number of hydrogen-bond acceptors (Lipinski definition) is 2. The van der Waals surface area contributed by atoms with Crippen molar-refractivity contribution in [1.82, 2.24) is 0 Å². The fourth-order valence-corrected chi connectivity index (χ4v) is 1.31. The normalized spacial score (nSPS) is 7.38. The second-order valence-corrected chi connectivity index (χ2v) is 2.77. The third kappa shape index (κ3) is 9.56. The van der Waals surface area contributed by atoms with Crippen molar-refractivity contribution in [2.24, 2.45) is 0 Å². The number of nitrogens with zero attached hydrogens (tertiary/aromatic N) is 1. The fourth-order valence-electron chi connectivity index (χ4n) is 1.31. The smallest absolute Gasteiger partial charge is 1.00 e. The quantitative estimate of drug-likeness (QED) is 0.239. The molecule has 90 valence electrons. The third-order valence-corrected chi connectivity index (χ3v) is 2.00. The van der Waals surface area contributed by atoms with E-state index in [0.29, 0.717) is 0 Å². The summed E-state index contributed by atoms with van der Waals surface area (Å²) in [5.41, 5.74) is 7.72. The molecule has 0 saturated carbocycles. The van der Waals surface area contributed by atoms with Gasteiger partial charge in [-0.1, -0.05) is 6.07 Å². The van der Waals surface area contributed by atoms with Gasteiger partial charge in [0, 0.05) is 24.5 Å². The second kappa shape index (κ2) is 15.7. The number of halogens is 3. The Labute approximate surface area is 192 Å². The van der Waals surface area contributed by atoms with Crippen molar-refractivity contribution in [2.45, 2.75) is 13.8 Å². The van der Waals surface area contributed by atoms with Gasteiger partial charge in [-0.2, -0.15) is 0 Å². The summed E-state index contributed by atoms with van der Waals surface area (Å²) in [7, 11) is 0. The molecule has 0 aromatic heterocycles. The SMILES string of the molecule is CCN(CC)c1cccc(N)c1.I.I.[I-].[K+]. The maximum Gasteiger partial charge on any atom is 1.00 e. The van der Waals surface area contributed by atoms with E-state index in [1.807, 2.05) is 18.2 Å². The molecule has 1 aromatic carbocycles. The van der Waals surface area contributed by atoms with Crippen molar-refractivity contribution >= 4 is 59.3 Å². The van der Waals surface area contributed by atoms with E-state index in [9.17, 15) is 0 Å². The molecule has 0 aliphatic rings. The van der Waals surface area contributed by atoms with Gasteiger partial charge in [-0.05, 0) is 32.0 Å². The minimum absolute atomic E-state index is 0. The van der Waals surface area contributed by atoms with E-state index < -0.39 is 0 Å². The molecule has 0 aliphatic carbocycles. The number of benzene rings is 1. The molecule has 0 aliphatic heterocycles. The maximum absolute atomic E-state index is 5.68. The van der Waals surface area contributed by atoms with Crippen LogP contribution >= 0.6 is 48.0 Å². The van der Waals surface area contributed by atoms with Gasteiger partial charge in [0.25, 0.3) is 0 Å². The van der Waals surface area contributed by atoms with Crippen LogP contribution in [-0.4, -0.2) is 13.1 Å². The molecule has 0 saturated heterocycles.